The van der Waals surface area contributed by atoms with Crippen molar-refractivity contribution in [3.05, 3.63) is 0 Å². The van der Waals surface area contributed by atoms with Crippen molar-refractivity contribution in [2.75, 3.05) is 19.8 Å². The summed E-state index contributed by atoms with van der Waals surface area (Å²) in [7, 11) is 0. The van der Waals surface area contributed by atoms with E-state index in [4.69, 9.17) is 14.6 Å². The molecule has 1 aliphatic rings. The second-order valence-corrected chi connectivity index (χ2v) is 3.04. The summed E-state index contributed by atoms with van der Waals surface area (Å²) in [5.74, 6) is 0.656. The van der Waals surface area contributed by atoms with E-state index in [0.29, 0.717) is 12.5 Å². The summed E-state index contributed by atoms with van der Waals surface area (Å²) in [6.45, 7) is 3.42. The van der Waals surface area contributed by atoms with Gasteiger partial charge in [-0.25, -0.2) is 0 Å². The Balaban J connectivity index is 2.07. The van der Waals surface area contributed by atoms with Gasteiger partial charge in [0.15, 0.2) is 6.29 Å². The molecule has 0 aromatic heterocycles. The first kappa shape index (κ1) is 8.97. The van der Waals surface area contributed by atoms with Crippen molar-refractivity contribution >= 4 is 0 Å². The van der Waals surface area contributed by atoms with Gasteiger partial charge in [0.05, 0.1) is 19.8 Å². The van der Waals surface area contributed by atoms with E-state index in [1.165, 1.54) is 0 Å². The first-order valence-electron chi connectivity index (χ1n) is 4.17. The standard InChI is InChI=1S/C8H16O3/c1-7-2-3-8(11-6-7)10-5-4-9/h7-9H,2-6H2,1H3. The van der Waals surface area contributed by atoms with Crippen molar-refractivity contribution in [1.29, 1.82) is 0 Å². The molecule has 0 saturated carbocycles. The van der Waals surface area contributed by atoms with Crippen molar-refractivity contribution in [1.82, 2.24) is 0 Å². The maximum absolute atomic E-state index is 8.47. The molecule has 1 N–H and O–H groups in total. The number of hydrogen-bond acceptors (Lipinski definition) is 3. The van der Waals surface area contributed by atoms with Crippen LogP contribution in [0.4, 0.5) is 0 Å². The molecule has 0 spiro atoms. The predicted molar refractivity (Wildman–Crippen MR) is 41.2 cm³/mol. The minimum atomic E-state index is -0.0710. The Labute approximate surface area is 67.3 Å². The molecule has 11 heavy (non-hydrogen) atoms. The summed E-state index contributed by atoms with van der Waals surface area (Å²) in [5.41, 5.74) is 0. The molecule has 1 saturated heterocycles. The largest absolute Gasteiger partial charge is 0.394 e. The van der Waals surface area contributed by atoms with Crippen LogP contribution >= 0.6 is 0 Å². The second-order valence-electron chi connectivity index (χ2n) is 3.04. The highest BCUT2D eigenvalue weighted by Gasteiger charge is 2.18. The summed E-state index contributed by atoms with van der Waals surface area (Å²) in [4.78, 5) is 0. The van der Waals surface area contributed by atoms with Gasteiger partial charge in [0.1, 0.15) is 0 Å². The Hall–Kier alpha value is -0.120. The molecule has 1 fully saturated rings. The molecule has 1 aliphatic heterocycles. The first-order chi connectivity index (χ1) is 5.33. The van der Waals surface area contributed by atoms with Gasteiger partial charge in [0, 0.05) is 0 Å². The number of aliphatic hydroxyl groups is 1. The maximum atomic E-state index is 8.47. The topological polar surface area (TPSA) is 38.7 Å². The maximum Gasteiger partial charge on any atom is 0.157 e. The molecule has 1 rings (SSSR count). The lowest BCUT2D eigenvalue weighted by molar-refractivity contribution is -0.177. The molecule has 3 nitrogen and oxygen atoms in total. The summed E-state index contributed by atoms with van der Waals surface area (Å²) < 4.78 is 10.6. The van der Waals surface area contributed by atoms with Gasteiger partial charge >= 0.3 is 0 Å². The van der Waals surface area contributed by atoms with Gasteiger partial charge in [-0.05, 0) is 18.8 Å². The van der Waals surface area contributed by atoms with Gasteiger partial charge in [0.25, 0.3) is 0 Å². The second kappa shape index (κ2) is 4.70. The lowest BCUT2D eigenvalue weighted by Crippen LogP contribution is -2.27. The van der Waals surface area contributed by atoms with Gasteiger partial charge < -0.3 is 14.6 Å². The molecule has 0 aromatic carbocycles. The van der Waals surface area contributed by atoms with E-state index in [1.807, 2.05) is 0 Å². The lowest BCUT2D eigenvalue weighted by atomic mass is 10.0. The molecular weight excluding hydrogens is 144 g/mol. The fraction of sp³-hybridized carbons (Fsp3) is 1.00. The summed E-state index contributed by atoms with van der Waals surface area (Å²) in [6, 6.07) is 0. The van der Waals surface area contributed by atoms with E-state index in [-0.39, 0.29) is 12.9 Å². The zero-order chi connectivity index (χ0) is 8.10. The fourth-order valence-corrected chi connectivity index (χ4v) is 1.17. The summed E-state index contributed by atoms with van der Waals surface area (Å²) >= 11 is 0. The molecule has 2 atom stereocenters. The van der Waals surface area contributed by atoms with E-state index in [0.717, 1.165) is 19.4 Å². The van der Waals surface area contributed by atoms with Crippen LogP contribution in [0.3, 0.4) is 0 Å². The van der Waals surface area contributed by atoms with E-state index < -0.39 is 0 Å². The fourth-order valence-electron chi connectivity index (χ4n) is 1.17. The number of aliphatic hydroxyl groups excluding tert-OH is 1. The first-order valence-corrected chi connectivity index (χ1v) is 4.17. The third-order valence-corrected chi connectivity index (χ3v) is 1.86. The Bertz CT molecular complexity index is 94.8. The third-order valence-electron chi connectivity index (χ3n) is 1.86. The van der Waals surface area contributed by atoms with Crippen LogP contribution < -0.4 is 0 Å². The van der Waals surface area contributed by atoms with Crippen LogP contribution in [0.15, 0.2) is 0 Å². The molecule has 0 amide bonds. The summed E-state index contributed by atoms with van der Waals surface area (Å²) in [5, 5.41) is 8.47. The normalized spacial score (nSPS) is 32.2. The SMILES string of the molecule is CC1CCC(OCCO)OC1. The zero-order valence-electron chi connectivity index (χ0n) is 6.95. The predicted octanol–water partition coefficient (Wildman–Crippen LogP) is 0.768. The van der Waals surface area contributed by atoms with Gasteiger partial charge in [-0.2, -0.15) is 0 Å². The number of rotatable bonds is 3. The van der Waals surface area contributed by atoms with E-state index >= 15 is 0 Å². The quantitative estimate of drug-likeness (QED) is 0.662. The average Bonchev–Trinajstić information content (AvgIpc) is 2.04. The van der Waals surface area contributed by atoms with Crippen LogP contribution in [-0.2, 0) is 9.47 Å². The van der Waals surface area contributed by atoms with Crippen LogP contribution in [0.2, 0.25) is 0 Å². The minimum Gasteiger partial charge on any atom is -0.394 e. The zero-order valence-corrected chi connectivity index (χ0v) is 6.95. The molecule has 0 aliphatic carbocycles. The van der Waals surface area contributed by atoms with Gasteiger partial charge in [-0.15, -0.1) is 0 Å². The molecular formula is C8H16O3. The van der Waals surface area contributed by atoms with Crippen LogP contribution in [0.25, 0.3) is 0 Å². The van der Waals surface area contributed by atoms with Gasteiger partial charge in [-0.1, -0.05) is 6.92 Å². The monoisotopic (exact) mass is 160 g/mol. The molecule has 66 valence electrons. The van der Waals surface area contributed by atoms with E-state index in [2.05, 4.69) is 6.92 Å². The molecule has 0 bridgehead atoms. The van der Waals surface area contributed by atoms with Crippen molar-refractivity contribution in [2.45, 2.75) is 26.1 Å². The lowest BCUT2D eigenvalue weighted by Gasteiger charge is -2.26. The van der Waals surface area contributed by atoms with Crippen molar-refractivity contribution in [3.8, 4) is 0 Å². The van der Waals surface area contributed by atoms with Crippen LogP contribution in [0.5, 0.6) is 0 Å². The average molecular weight is 160 g/mol. The number of hydrogen-bond donors (Lipinski definition) is 1. The molecule has 0 radical (unpaired) electrons. The highest BCUT2D eigenvalue weighted by molar-refractivity contribution is 4.60. The van der Waals surface area contributed by atoms with E-state index in [1.54, 1.807) is 0 Å². The Kier molecular flexibility index (Phi) is 3.83. The molecule has 2 unspecified atom stereocenters. The number of ether oxygens (including phenoxy) is 2. The van der Waals surface area contributed by atoms with E-state index in [9.17, 15) is 0 Å². The Morgan fingerprint density at radius 3 is 2.91 bits per heavy atom. The van der Waals surface area contributed by atoms with Crippen molar-refractivity contribution in [2.24, 2.45) is 5.92 Å². The third kappa shape index (κ3) is 3.18. The highest BCUT2D eigenvalue weighted by Crippen LogP contribution is 2.18. The van der Waals surface area contributed by atoms with Gasteiger partial charge in [-0.3, -0.25) is 0 Å². The molecule has 1 heterocycles. The van der Waals surface area contributed by atoms with Crippen LogP contribution in [0, 0.1) is 5.92 Å². The summed E-state index contributed by atoms with van der Waals surface area (Å²) in [6.07, 6.45) is 2.05. The Morgan fingerprint density at radius 2 is 2.36 bits per heavy atom. The van der Waals surface area contributed by atoms with Gasteiger partial charge in [0.2, 0.25) is 0 Å². The smallest absolute Gasteiger partial charge is 0.157 e. The van der Waals surface area contributed by atoms with Crippen LogP contribution in [0.1, 0.15) is 19.8 Å². The minimum absolute atomic E-state index is 0.0710. The van der Waals surface area contributed by atoms with Crippen molar-refractivity contribution < 1.29 is 14.6 Å². The highest BCUT2D eigenvalue weighted by atomic mass is 16.7. The molecule has 3 heteroatoms. The van der Waals surface area contributed by atoms with Crippen LogP contribution in [-0.4, -0.2) is 31.2 Å². The molecule has 0 aromatic rings. The Morgan fingerprint density at radius 1 is 1.55 bits per heavy atom. The van der Waals surface area contributed by atoms with Crippen molar-refractivity contribution in [3.63, 3.8) is 0 Å².